The summed E-state index contributed by atoms with van der Waals surface area (Å²) in [6, 6.07) is 0. The highest BCUT2D eigenvalue weighted by atomic mass is 79.9. The van der Waals surface area contributed by atoms with Gasteiger partial charge in [0, 0.05) is 26.2 Å². The van der Waals surface area contributed by atoms with E-state index in [4.69, 9.17) is 4.74 Å². The fourth-order valence-corrected chi connectivity index (χ4v) is 2.39. The summed E-state index contributed by atoms with van der Waals surface area (Å²) in [5, 5.41) is 3.34. The summed E-state index contributed by atoms with van der Waals surface area (Å²) in [4.78, 5) is 9.16. The van der Waals surface area contributed by atoms with Crippen LogP contribution in [0.4, 0.5) is 5.82 Å². The standard InChI is InChI=1S/C13H20BrN3O/c1-3-5-15-13-12(14)9(2)16-11(17-13)7-10-4-6-18-8-10/h10H,3-8H2,1-2H3,(H,15,16,17). The zero-order chi connectivity index (χ0) is 13.0. The van der Waals surface area contributed by atoms with Crippen molar-refractivity contribution in [2.75, 3.05) is 25.1 Å². The van der Waals surface area contributed by atoms with Crippen LogP contribution in [0, 0.1) is 12.8 Å². The summed E-state index contributed by atoms with van der Waals surface area (Å²) in [6.07, 6.45) is 3.12. The van der Waals surface area contributed by atoms with Crippen LogP contribution in [0.25, 0.3) is 0 Å². The van der Waals surface area contributed by atoms with E-state index in [2.05, 4.69) is 38.1 Å². The number of hydrogen-bond acceptors (Lipinski definition) is 4. The van der Waals surface area contributed by atoms with Gasteiger partial charge in [-0.2, -0.15) is 0 Å². The Morgan fingerprint density at radius 3 is 2.94 bits per heavy atom. The molecule has 1 aliphatic rings. The van der Waals surface area contributed by atoms with Gasteiger partial charge in [-0.05, 0) is 41.6 Å². The molecule has 0 bridgehead atoms. The summed E-state index contributed by atoms with van der Waals surface area (Å²) < 4.78 is 6.37. The van der Waals surface area contributed by atoms with Crippen molar-refractivity contribution in [1.82, 2.24) is 9.97 Å². The Morgan fingerprint density at radius 2 is 2.28 bits per heavy atom. The van der Waals surface area contributed by atoms with Gasteiger partial charge in [-0.1, -0.05) is 6.92 Å². The Morgan fingerprint density at radius 1 is 1.44 bits per heavy atom. The molecule has 5 heteroatoms. The van der Waals surface area contributed by atoms with Crippen LogP contribution in [0.15, 0.2) is 4.47 Å². The fourth-order valence-electron chi connectivity index (χ4n) is 2.07. The smallest absolute Gasteiger partial charge is 0.144 e. The van der Waals surface area contributed by atoms with Crippen molar-refractivity contribution in [3.05, 3.63) is 16.0 Å². The molecular formula is C13H20BrN3O. The molecule has 1 aromatic heterocycles. The topological polar surface area (TPSA) is 47.0 Å². The van der Waals surface area contributed by atoms with Crippen molar-refractivity contribution < 1.29 is 4.74 Å². The molecular weight excluding hydrogens is 294 g/mol. The van der Waals surface area contributed by atoms with E-state index in [1.807, 2.05) is 6.92 Å². The summed E-state index contributed by atoms with van der Waals surface area (Å²) >= 11 is 3.55. The van der Waals surface area contributed by atoms with E-state index in [1.165, 1.54) is 0 Å². The summed E-state index contributed by atoms with van der Waals surface area (Å²) in [5.41, 5.74) is 0.998. The first-order chi connectivity index (χ1) is 8.70. The van der Waals surface area contributed by atoms with Gasteiger partial charge in [0.05, 0.1) is 10.2 Å². The quantitative estimate of drug-likeness (QED) is 0.908. The highest BCUT2D eigenvalue weighted by molar-refractivity contribution is 9.10. The first-order valence-corrected chi connectivity index (χ1v) is 7.34. The molecule has 1 unspecified atom stereocenters. The molecule has 0 saturated carbocycles. The predicted molar refractivity (Wildman–Crippen MR) is 75.9 cm³/mol. The van der Waals surface area contributed by atoms with Crippen molar-refractivity contribution in [3.63, 3.8) is 0 Å². The molecule has 1 aromatic rings. The average Bonchev–Trinajstić information content (AvgIpc) is 2.84. The number of nitrogens with one attached hydrogen (secondary N) is 1. The average molecular weight is 314 g/mol. The number of anilines is 1. The molecule has 4 nitrogen and oxygen atoms in total. The van der Waals surface area contributed by atoms with E-state index in [0.717, 1.165) is 60.8 Å². The fraction of sp³-hybridized carbons (Fsp3) is 0.692. The Hall–Kier alpha value is -0.680. The lowest BCUT2D eigenvalue weighted by Gasteiger charge is -2.12. The van der Waals surface area contributed by atoms with Crippen LogP contribution >= 0.6 is 15.9 Å². The summed E-state index contributed by atoms with van der Waals surface area (Å²) in [5.74, 6) is 2.41. The first kappa shape index (κ1) is 13.7. The lowest BCUT2D eigenvalue weighted by atomic mass is 10.0. The van der Waals surface area contributed by atoms with Gasteiger partial charge in [0.15, 0.2) is 0 Å². The van der Waals surface area contributed by atoms with Crippen molar-refractivity contribution in [1.29, 1.82) is 0 Å². The third kappa shape index (κ3) is 3.42. The Labute approximate surface area is 117 Å². The van der Waals surface area contributed by atoms with Crippen molar-refractivity contribution in [2.45, 2.75) is 33.1 Å². The largest absolute Gasteiger partial charge is 0.381 e. The van der Waals surface area contributed by atoms with Crippen LogP contribution in [0.2, 0.25) is 0 Å². The number of aromatic nitrogens is 2. The van der Waals surface area contributed by atoms with Gasteiger partial charge in [0.2, 0.25) is 0 Å². The zero-order valence-corrected chi connectivity index (χ0v) is 12.6. The lowest BCUT2D eigenvalue weighted by molar-refractivity contribution is 0.185. The summed E-state index contributed by atoms with van der Waals surface area (Å²) in [6.45, 7) is 6.81. The van der Waals surface area contributed by atoms with Crippen molar-refractivity contribution >= 4 is 21.7 Å². The Balaban J connectivity index is 2.11. The third-order valence-electron chi connectivity index (χ3n) is 3.10. The monoisotopic (exact) mass is 313 g/mol. The number of nitrogens with zero attached hydrogens (tertiary/aromatic N) is 2. The number of aryl methyl sites for hydroxylation is 1. The van der Waals surface area contributed by atoms with Gasteiger partial charge in [-0.3, -0.25) is 0 Å². The number of ether oxygens (including phenoxy) is 1. The molecule has 2 heterocycles. The van der Waals surface area contributed by atoms with Gasteiger partial charge >= 0.3 is 0 Å². The van der Waals surface area contributed by atoms with E-state index >= 15 is 0 Å². The third-order valence-corrected chi connectivity index (χ3v) is 4.05. The molecule has 0 radical (unpaired) electrons. The molecule has 18 heavy (non-hydrogen) atoms. The van der Waals surface area contributed by atoms with E-state index in [0.29, 0.717) is 5.92 Å². The molecule has 2 rings (SSSR count). The molecule has 0 amide bonds. The molecule has 0 aliphatic carbocycles. The van der Waals surface area contributed by atoms with Crippen LogP contribution < -0.4 is 5.32 Å². The minimum absolute atomic E-state index is 0.574. The molecule has 1 aliphatic heterocycles. The van der Waals surface area contributed by atoms with Crippen LogP contribution in [0.1, 0.15) is 31.3 Å². The van der Waals surface area contributed by atoms with Gasteiger partial charge in [-0.15, -0.1) is 0 Å². The van der Waals surface area contributed by atoms with Crippen LogP contribution in [0.3, 0.4) is 0 Å². The predicted octanol–water partition coefficient (Wildman–Crippen LogP) is 2.95. The molecule has 0 aromatic carbocycles. The Kier molecular flexibility index (Phi) is 4.95. The zero-order valence-electron chi connectivity index (χ0n) is 11.0. The molecule has 1 fully saturated rings. The Bertz CT molecular complexity index is 405. The highest BCUT2D eigenvalue weighted by Crippen LogP contribution is 2.25. The minimum Gasteiger partial charge on any atom is -0.381 e. The van der Waals surface area contributed by atoms with E-state index in [-0.39, 0.29) is 0 Å². The molecule has 100 valence electrons. The normalized spacial score (nSPS) is 19.2. The second-order valence-corrected chi connectivity index (χ2v) is 5.54. The number of halogens is 1. The van der Waals surface area contributed by atoms with Crippen molar-refractivity contribution in [2.24, 2.45) is 5.92 Å². The van der Waals surface area contributed by atoms with Gasteiger partial charge in [0.1, 0.15) is 11.6 Å². The first-order valence-electron chi connectivity index (χ1n) is 6.55. The number of rotatable bonds is 5. The second-order valence-electron chi connectivity index (χ2n) is 4.75. The van der Waals surface area contributed by atoms with Crippen molar-refractivity contribution in [3.8, 4) is 0 Å². The lowest BCUT2D eigenvalue weighted by Crippen LogP contribution is -2.11. The van der Waals surface area contributed by atoms with Crippen LogP contribution in [-0.2, 0) is 11.2 Å². The maximum absolute atomic E-state index is 5.40. The van der Waals surface area contributed by atoms with Gasteiger partial charge in [-0.25, -0.2) is 9.97 Å². The highest BCUT2D eigenvalue weighted by Gasteiger charge is 2.18. The van der Waals surface area contributed by atoms with Gasteiger partial charge < -0.3 is 10.1 Å². The van der Waals surface area contributed by atoms with E-state index in [9.17, 15) is 0 Å². The maximum Gasteiger partial charge on any atom is 0.144 e. The minimum atomic E-state index is 0.574. The number of hydrogen-bond donors (Lipinski definition) is 1. The van der Waals surface area contributed by atoms with Crippen LogP contribution in [0.5, 0.6) is 0 Å². The molecule has 1 N–H and O–H groups in total. The molecule has 1 saturated heterocycles. The van der Waals surface area contributed by atoms with Crippen LogP contribution in [-0.4, -0.2) is 29.7 Å². The van der Waals surface area contributed by atoms with E-state index in [1.54, 1.807) is 0 Å². The molecule has 1 atom stereocenters. The SMILES string of the molecule is CCCNc1nc(CC2CCOC2)nc(C)c1Br. The maximum atomic E-state index is 5.40. The van der Waals surface area contributed by atoms with Gasteiger partial charge in [0.25, 0.3) is 0 Å². The molecule has 0 spiro atoms. The van der Waals surface area contributed by atoms with E-state index < -0.39 is 0 Å². The second kappa shape index (κ2) is 6.48. The summed E-state index contributed by atoms with van der Waals surface area (Å²) in [7, 11) is 0.